The van der Waals surface area contributed by atoms with Crippen molar-refractivity contribution in [2.24, 2.45) is 11.7 Å². The van der Waals surface area contributed by atoms with E-state index in [9.17, 15) is 4.39 Å². The lowest BCUT2D eigenvalue weighted by molar-refractivity contribution is 0.300. The van der Waals surface area contributed by atoms with Crippen LogP contribution in [0.15, 0.2) is 18.2 Å². The van der Waals surface area contributed by atoms with Gasteiger partial charge >= 0.3 is 0 Å². The molecule has 1 unspecified atom stereocenters. The number of benzene rings is 1. The number of nitrogens with two attached hydrogens (primary N) is 1. The maximum Gasteiger partial charge on any atom is 0.169 e. The van der Waals surface area contributed by atoms with Crippen molar-refractivity contribution in [3.8, 4) is 5.75 Å². The van der Waals surface area contributed by atoms with E-state index in [1.54, 1.807) is 18.2 Å². The Labute approximate surface area is 102 Å². The summed E-state index contributed by atoms with van der Waals surface area (Å²) in [5.41, 5.74) is 6.79. The fourth-order valence-electron chi connectivity index (χ4n) is 2.69. The molecule has 0 heterocycles. The SMILES string of the molecule is COc1cccc(C(N)C2CCCCC2)c1F. The van der Waals surface area contributed by atoms with Crippen LogP contribution in [0.25, 0.3) is 0 Å². The van der Waals surface area contributed by atoms with E-state index in [1.807, 2.05) is 0 Å². The Morgan fingerprint density at radius 1 is 1.29 bits per heavy atom. The second-order valence-electron chi connectivity index (χ2n) is 4.79. The van der Waals surface area contributed by atoms with E-state index in [-0.39, 0.29) is 17.6 Å². The Morgan fingerprint density at radius 2 is 2.00 bits per heavy atom. The largest absolute Gasteiger partial charge is 0.494 e. The van der Waals surface area contributed by atoms with Crippen molar-refractivity contribution in [2.75, 3.05) is 7.11 Å². The van der Waals surface area contributed by atoms with Crippen LogP contribution in [-0.2, 0) is 0 Å². The maximum absolute atomic E-state index is 14.1. The van der Waals surface area contributed by atoms with E-state index in [0.717, 1.165) is 12.8 Å². The van der Waals surface area contributed by atoms with Gasteiger partial charge in [0, 0.05) is 11.6 Å². The molecule has 0 amide bonds. The van der Waals surface area contributed by atoms with E-state index >= 15 is 0 Å². The highest BCUT2D eigenvalue weighted by Gasteiger charge is 2.25. The highest BCUT2D eigenvalue weighted by molar-refractivity contribution is 5.33. The molecule has 94 valence electrons. The van der Waals surface area contributed by atoms with Gasteiger partial charge in [0.1, 0.15) is 0 Å². The molecule has 0 spiro atoms. The first-order valence-corrected chi connectivity index (χ1v) is 6.32. The van der Waals surface area contributed by atoms with E-state index < -0.39 is 0 Å². The van der Waals surface area contributed by atoms with Gasteiger partial charge in [-0.05, 0) is 24.8 Å². The fraction of sp³-hybridized carbons (Fsp3) is 0.571. The minimum Gasteiger partial charge on any atom is -0.494 e. The van der Waals surface area contributed by atoms with E-state index in [1.165, 1.54) is 26.4 Å². The Balaban J connectivity index is 2.20. The zero-order valence-corrected chi connectivity index (χ0v) is 10.3. The molecule has 3 heteroatoms. The van der Waals surface area contributed by atoms with Crippen LogP contribution in [0.2, 0.25) is 0 Å². The molecule has 0 saturated heterocycles. The van der Waals surface area contributed by atoms with Gasteiger partial charge in [-0.2, -0.15) is 0 Å². The van der Waals surface area contributed by atoms with Crippen molar-refractivity contribution in [1.29, 1.82) is 0 Å². The maximum atomic E-state index is 14.1. The molecule has 1 atom stereocenters. The highest BCUT2D eigenvalue weighted by Crippen LogP contribution is 2.35. The molecule has 2 N–H and O–H groups in total. The van der Waals surface area contributed by atoms with Crippen LogP contribution < -0.4 is 10.5 Å². The van der Waals surface area contributed by atoms with Crippen LogP contribution in [0.5, 0.6) is 5.75 Å². The zero-order valence-electron chi connectivity index (χ0n) is 10.3. The van der Waals surface area contributed by atoms with Gasteiger partial charge in [-0.25, -0.2) is 4.39 Å². The third-order valence-electron chi connectivity index (χ3n) is 3.73. The van der Waals surface area contributed by atoms with Gasteiger partial charge in [0.2, 0.25) is 0 Å². The summed E-state index contributed by atoms with van der Waals surface area (Å²) in [5.74, 6) is 0.396. The van der Waals surface area contributed by atoms with E-state index in [0.29, 0.717) is 11.5 Å². The van der Waals surface area contributed by atoms with Crippen molar-refractivity contribution in [2.45, 2.75) is 38.1 Å². The molecule has 1 saturated carbocycles. The molecule has 1 aromatic rings. The molecular weight excluding hydrogens is 217 g/mol. The number of halogens is 1. The van der Waals surface area contributed by atoms with Crippen LogP contribution in [0.4, 0.5) is 4.39 Å². The number of rotatable bonds is 3. The summed E-state index contributed by atoms with van der Waals surface area (Å²) < 4.78 is 19.1. The third-order valence-corrected chi connectivity index (χ3v) is 3.73. The quantitative estimate of drug-likeness (QED) is 0.874. The summed E-state index contributed by atoms with van der Waals surface area (Å²) in [6.07, 6.45) is 5.92. The Hall–Kier alpha value is -1.09. The summed E-state index contributed by atoms with van der Waals surface area (Å²) in [4.78, 5) is 0. The predicted molar refractivity (Wildman–Crippen MR) is 66.5 cm³/mol. The van der Waals surface area contributed by atoms with Crippen LogP contribution in [-0.4, -0.2) is 7.11 Å². The normalized spacial score (nSPS) is 19.0. The Bertz CT molecular complexity index is 374. The molecule has 2 rings (SSSR count). The second-order valence-corrected chi connectivity index (χ2v) is 4.79. The van der Waals surface area contributed by atoms with Crippen molar-refractivity contribution in [3.63, 3.8) is 0 Å². The molecule has 1 aliphatic carbocycles. The van der Waals surface area contributed by atoms with Gasteiger partial charge in [-0.1, -0.05) is 31.4 Å². The molecule has 0 bridgehead atoms. The van der Waals surface area contributed by atoms with Crippen molar-refractivity contribution in [3.05, 3.63) is 29.6 Å². The Kier molecular flexibility index (Phi) is 4.00. The molecule has 17 heavy (non-hydrogen) atoms. The number of ether oxygens (including phenoxy) is 1. The summed E-state index contributed by atoms with van der Waals surface area (Å²) in [5, 5.41) is 0. The van der Waals surface area contributed by atoms with Gasteiger partial charge < -0.3 is 10.5 Å². The van der Waals surface area contributed by atoms with Crippen LogP contribution in [0.1, 0.15) is 43.7 Å². The molecular formula is C14H20FNO. The first-order valence-electron chi connectivity index (χ1n) is 6.32. The predicted octanol–water partition coefficient (Wildman–Crippen LogP) is 3.41. The monoisotopic (exact) mass is 237 g/mol. The summed E-state index contributed by atoms with van der Waals surface area (Å²) in [6.45, 7) is 0. The van der Waals surface area contributed by atoms with Crippen LogP contribution >= 0.6 is 0 Å². The first-order chi connectivity index (χ1) is 8.24. The number of hydrogen-bond donors (Lipinski definition) is 1. The summed E-state index contributed by atoms with van der Waals surface area (Å²) in [7, 11) is 1.48. The first kappa shape index (κ1) is 12.4. The molecule has 0 radical (unpaired) electrons. The minimum atomic E-state index is -0.298. The lowest BCUT2D eigenvalue weighted by Gasteiger charge is -2.28. The van der Waals surface area contributed by atoms with Gasteiger partial charge in [0.05, 0.1) is 7.11 Å². The Morgan fingerprint density at radius 3 is 2.65 bits per heavy atom. The summed E-state index contributed by atoms with van der Waals surface area (Å²) in [6, 6.07) is 5.01. The average molecular weight is 237 g/mol. The fourth-order valence-corrected chi connectivity index (χ4v) is 2.69. The lowest BCUT2D eigenvalue weighted by atomic mass is 9.81. The smallest absolute Gasteiger partial charge is 0.169 e. The number of hydrogen-bond acceptors (Lipinski definition) is 2. The molecule has 1 aromatic carbocycles. The minimum absolute atomic E-state index is 0.203. The van der Waals surface area contributed by atoms with Crippen LogP contribution in [0.3, 0.4) is 0 Å². The summed E-state index contributed by atoms with van der Waals surface area (Å²) >= 11 is 0. The van der Waals surface area contributed by atoms with Crippen molar-refractivity contribution >= 4 is 0 Å². The van der Waals surface area contributed by atoms with Gasteiger partial charge in [0.15, 0.2) is 11.6 Å². The van der Waals surface area contributed by atoms with Gasteiger partial charge in [-0.15, -0.1) is 0 Å². The van der Waals surface area contributed by atoms with Gasteiger partial charge in [0.25, 0.3) is 0 Å². The van der Waals surface area contributed by atoms with Crippen molar-refractivity contribution in [1.82, 2.24) is 0 Å². The molecule has 1 aliphatic rings. The van der Waals surface area contributed by atoms with Crippen LogP contribution in [0, 0.1) is 11.7 Å². The zero-order chi connectivity index (χ0) is 12.3. The standard InChI is InChI=1S/C14H20FNO/c1-17-12-9-5-8-11(13(12)15)14(16)10-6-3-2-4-7-10/h5,8-10,14H,2-4,6-7,16H2,1H3. The molecule has 2 nitrogen and oxygen atoms in total. The van der Waals surface area contributed by atoms with E-state index in [2.05, 4.69) is 0 Å². The molecule has 1 fully saturated rings. The molecule has 0 aliphatic heterocycles. The topological polar surface area (TPSA) is 35.2 Å². The third kappa shape index (κ3) is 2.60. The number of methoxy groups -OCH3 is 1. The lowest BCUT2D eigenvalue weighted by Crippen LogP contribution is -2.24. The van der Waals surface area contributed by atoms with Crippen molar-refractivity contribution < 1.29 is 9.13 Å². The van der Waals surface area contributed by atoms with Gasteiger partial charge in [-0.3, -0.25) is 0 Å². The molecule has 0 aromatic heterocycles. The second kappa shape index (κ2) is 5.50. The van der Waals surface area contributed by atoms with E-state index in [4.69, 9.17) is 10.5 Å². The highest BCUT2D eigenvalue weighted by atomic mass is 19.1. The average Bonchev–Trinajstić information content (AvgIpc) is 2.39.